The zero-order chi connectivity index (χ0) is 15.4. The van der Waals surface area contributed by atoms with Crippen LogP contribution < -0.4 is 10.1 Å². The molecule has 0 radical (unpaired) electrons. The molecule has 2 aromatic rings. The van der Waals surface area contributed by atoms with Crippen LogP contribution in [-0.2, 0) is 4.79 Å². The van der Waals surface area contributed by atoms with E-state index < -0.39 is 12.0 Å². The number of hydrogen-bond donors (Lipinski definition) is 2. The minimum atomic E-state index is -1.20. The van der Waals surface area contributed by atoms with Crippen molar-refractivity contribution in [2.24, 2.45) is 0 Å². The zero-order valence-corrected chi connectivity index (χ0v) is 13.1. The lowest BCUT2D eigenvalue weighted by Crippen LogP contribution is -2.31. The summed E-state index contributed by atoms with van der Waals surface area (Å²) < 4.78 is 5.10. The molecule has 1 heterocycles. The Labute approximate surface area is 128 Å². The predicted octanol–water partition coefficient (Wildman–Crippen LogP) is 2.98. The summed E-state index contributed by atoms with van der Waals surface area (Å²) in [5, 5.41) is 13.0. The number of benzene rings is 1. The third-order valence-electron chi connectivity index (χ3n) is 3.20. The molecule has 2 N–H and O–H groups in total. The van der Waals surface area contributed by atoms with E-state index in [4.69, 9.17) is 4.74 Å². The first kappa shape index (κ1) is 15.5. The van der Waals surface area contributed by atoms with Crippen molar-refractivity contribution in [3.05, 3.63) is 51.7 Å². The first-order valence-electron chi connectivity index (χ1n) is 6.70. The average molecular weight is 305 g/mol. The van der Waals surface area contributed by atoms with E-state index >= 15 is 0 Å². The number of nitrogens with one attached hydrogen (secondary N) is 1. The summed E-state index contributed by atoms with van der Waals surface area (Å²) in [5.74, 6) is 0.197. The third kappa shape index (κ3) is 3.83. The number of aliphatic hydroxyl groups excluding tert-OH is 1. The number of carbonyl (C=O) groups is 1. The SMILES string of the molecule is COc1cccc([C@H](O)C(=O)N[C@H](C)c2ccc(C)s2)c1. The molecule has 0 bridgehead atoms. The summed E-state index contributed by atoms with van der Waals surface area (Å²) in [4.78, 5) is 14.4. The molecule has 0 spiro atoms. The van der Waals surface area contributed by atoms with Gasteiger partial charge < -0.3 is 15.2 Å². The molecule has 0 unspecified atom stereocenters. The van der Waals surface area contributed by atoms with E-state index in [1.807, 2.05) is 26.0 Å². The molecule has 0 saturated carbocycles. The summed E-state index contributed by atoms with van der Waals surface area (Å²) in [5.41, 5.74) is 0.515. The van der Waals surface area contributed by atoms with Crippen LogP contribution in [0.5, 0.6) is 5.75 Å². The van der Waals surface area contributed by atoms with Gasteiger partial charge in [0.1, 0.15) is 5.75 Å². The molecule has 1 aromatic heterocycles. The largest absolute Gasteiger partial charge is 0.497 e. The summed E-state index contributed by atoms with van der Waals surface area (Å²) in [7, 11) is 1.55. The molecule has 0 fully saturated rings. The maximum absolute atomic E-state index is 12.1. The standard InChI is InChI=1S/C16H19NO3S/c1-10-7-8-14(21-10)11(2)17-16(19)15(18)12-5-4-6-13(9-12)20-3/h4-9,11,15,18H,1-3H3,(H,17,19)/t11-,15+/m1/s1. The maximum atomic E-state index is 12.1. The van der Waals surface area contributed by atoms with E-state index in [2.05, 4.69) is 5.32 Å². The van der Waals surface area contributed by atoms with Gasteiger partial charge in [0.05, 0.1) is 13.2 Å². The number of amides is 1. The number of ether oxygens (including phenoxy) is 1. The Morgan fingerprint density at radius 2 is 2.10 bits per heavy atom. The first-order valence-corrected chi connectivity index (χ1v) is 7.51. The van der Waals surface area contributed by atoms with Gasteiger partial charge in [0, 0.05) is 9.75 Å². The van der Waals surface area contributed by atoms with E-state index in [0.29, 0.717) is 11.3 Å². The minimum absolute atomic E-state index is 0.128. The third-order valence-corrected chi connectivity index (χ3v) is 4.39. The molecule has 4 nitrogen and oxygen atoms in total. The van der Waals surface area contributed by atoms with Crippen LogP contribution in [0.3, 0.4) is 0 Å². The van der Waals surface area contributed by atoms with Crippen LogP contribution in [0.15, 0.2) is 36.4 Å². The Morgan fingerprint density at radius 3 is 2.71 bits per heavy atom. The number of hydrogen-bond acceptors (Lipinski definition) is 4. The first-order chi connectivity index (χ1) is 10.0. The maximum Gasteiger partial charge on any atom is 0.253 e. The number of carbonyl (C=O) groups excluding carboxylic acids is 1. The van der Waals surface area contributed by atoms with E-state index in [-0.39, 0.29) is 6.04 Å². The lowest BCUT2D eigenvalue weighted by atomic mass is 10.1. The fraction of sp³-hybridized carbons (Fsp3) is 0.312. The molecular formula is C16H19NO3S. The minimum Gasteiger partial charge on any atom is -0.497 e. The van der Waals surface area contributed by atoms with Gasteiger partial charge in [0.15, 0.2) is 6.10 Å². The number of methoxy groups -OCH3 is 1. The summed E-state index contributed by atoms with van der Waals surface area (Å²) in [6, 6.07) is 10.7. The Kier molecular flexibility index (Phi) is 4.98. The topological polar surface area (TPSA) is 58.6 Å². The van der Waals surface area contributed by atoms with Crippen molar-refractivity contribution < 1.29 is 14.6 Å². The average Bonchev–Trinajstić information content (AvgIpc) is 2.93. The smallest absolute Gasteiger partial charge is 0.253 e. The van der Waals surface area contributed by atoms with Crippen LogP contribution >= 0.6 is 11.3 Å². The van der Waals surface area contributed by atoms with E-state index in [1.54, 1.807) is 42.7 Å². The van der Waals surface area contributed by atoms with Crippen LogP contribution in [0.25, 0.3) is 0 Å². The molecule has 0 aliphatic rings. The normalized spacial score (nSPS) is 13.5. The second-order valence-electron chi connectivity index (χ2n) is 4.86. The molecule has 0 aliphatic carbocycles. The number of thiophene rings is 1. The van der Waals surface area contributed by atoms with Gasteiger partial charge in [0.2, 0.25) is 0 Å². The van der Waals surface area contributed by atoms with Crippen molar-refractivity contribution in [2.75, 3.05) is 7.11 Å². The van der Waals surface area contributed by atoms with Crippen LogP contribution in [-0.4, -0.2) is 18.1 Å². The van der Waals surface area contributed by atoms with Gasteiger partial charge in [-0.15, -0.1) is 11.3 Å². The highest BCUT2D eigenvalue weighted by Gasteiger charge is 2.20. The molecule has 2 atom stereocenters. The van der Waals surface area contributed by atoms with Crippen molar-refractivity contribution in [1.29, 1.82) is 0 Å². The van der Waals surface area contributed by atoms with E-state index in [9.17, 15) is 9.90 Å². The Hall–Kier alpha value is -1.85. The number of aliphatic hydroxyl groups is 1. The molecule has 1 amide bonds. The highest BCUT2D eigenvalue weighted by Crippen LogP contribution is 2.24. The Morgan fingerprint density at radius 1 is 1.33 bits per heavy atom. The summed E-state index contributed by atoms with van der Waals surface area (Å²) in [6.45, 7) is 3.93. The lowest BCUT2D eigenvalue weighted by molar-refractivity contribution is -0.130. The monoisotopic (exact) mass is 305 g/mol. The van der Waals surface area contributed by atoms with Crippen LogP contribution in [0.4, 0.5) is 0 Å². The Balaban J connectivity index is 2.05. The van der Waals surface area contributed by atoms with Gasteiger partial charge >= 0.3 is 0 Å². The van der Waals surface area contributed by atoms with Gasteiger partial charge in [-0.1, -0.05) is 12.1 Å². The predicted molar refractivity (Wildman–Crippen MR) is 83.6 cm³/mol. The molecule has 5 heteroatoms. The van der Waals surface area contributed by atoms with E-state index in [1.165, 1.54) is 4.88 Å². The van der Waals surface area contributed by atoms with Gasteiger partial charge in [0.25, 0.3) is 5.91 Å². The number of aryl methyl sites for hydroxylation is 1. The van der Waals surface area contributed by atoms with Gasteiger partial charge in [-0.25, -0.2) is 0 Å². The van der Waals surface area contributed by atoms with E-state index in [0.717, 1.165) is 4.88 Å². The fourth-order valence-electron chi connectivity index (χ4n) is 2.01. The second kappa shape index (κ2) is 6.74. The fourth-order valence-corrected chi connectivity index (χ4v) is 2.89. The van der Waals surface area contributed by atoms with Crippen molar-refractivity contribution >= 4 is 17.2 Å². The lowest BCUT2D eigenvalue weighted by Gasteiger charge is -2.16. The van der Waals surface area contributed by atoms with Gasteiger partial charge in [-0.05, 0) is 43.7 Å². The molecule has 2 rings (SSSR count). The quantitative estimate of drug-likeness (QED) is 0.893. The van der Waals surface area contributed by atoms with Crippen molar-refractivity contribution in [3.63, 3.8) is 0 Å². The molecule has 21 heavy (non-hydrogen) atoms. The Bertz CT molecular complexity index is 623. The molecule has 1 aromatic carbocycles. The van der Waals surface area contributed by atoms with Crippen LogP contribution in [0, 0.1) is 6.92 Å². The highest BCUT2D eigenvalue weighted by atomic mass is 32.1. The van der Waals surface area contributed by atoms with Crippen molar-refractivity contribution in [2.45, 2.75) is 26.0 Å². The molecule has 0 aliphatic heterocycles. The van der Waals surface area contributed by atoms with Gasteiger partial charge in [-0.3, -0.25) is 4.79 Å². The molecule has 112 valence electrons. The summed E-state index contributed by atoms with van der Waals surface area (Å²) >= 11 is 1.64. The number of rotatable bonds is 5. The molecular weight excluding hydrogens is 286 g/mol. The van der Waals surface area contributed by atoms with Gasteiger partial charge in [-0.2, -0.15) is 0 Å². The van der Waals surface area contributed by atoms with Crippen molar-refractivity contribution in [3.8, 4) is 5.75 Å². The summed E-state index contributed by atoms with van der Waals surface area (Å²) in [6.07, 6.45) is -1.20. The molecule has 0 saturated heterocycles. The van der Waals surface area contributed by atoms with Crippen LogP contribution in [0.2, 0.25) is 0 Å². The highest BCUT2D eigenvalue weighted by molar-refractivity contribution is 7.12. The second-order valence-corrected chi connectivity index (χ2v) is 6.18. The zero-order valence-electron chi connectivity index (χ0n) is 12.3. The van der Waals surface area contributed by atoms with Crippen LogP contribution in [0.1, 0.15) is 34.4 Å². The van der Waals surface area contributed by atoms with Crippen molar-refractivity contribution in [1.82, 2.24) is 5.32 Å².